The number of ether oxygens (including phenoxy) is 2. The van der Waals surface area contributed by atoms with E-state index in [2.05, 4.69) is 5.32 Å². The summed E-state index contributed by atoms with van der Waals surface area (Å²) in [4.78, 5) is 11.7. The fourth-order valence-corrected chi connectivity index (χ4v) is 1.67. The number of aryl methyl sites for hydroxylation is 1. The Hall–Kier alpha value is -1.46. The van der Waals surface area contributed by atoms with Gasteiger partial charge in [-0.05, 0) is 31.0 Å². The number of nitrogens with one attached hydrogen (secondary N) is 1. The van der Waals surface area contributed by atoms with Crippen molar-refractivity contribution in [1.82, 2.24) is 5.32 Å². The van der Waals surface area contributed by atoms with Crippen LogP contribution in [-0.4, -0.2) is 32.7 Å². The van der Waals surface area contributed by atoms with E-state index in [0.717, 1.165) is 17.1 Å². The average molecular weight is 303 g/mol. The highest BCUT2D eigenvalue weighted by Crippen LogP contribution is 2.23. The topological polar surface area (TPSA) is 73.6 Å². The van der Waals surface area contributed by atoms with Crippen molar-refractivity contribution in [3.8, 4) is 11.5 Å². The lowest BCUT2D eigenvalue weighted by Crippen LogP contribution is -2.37. The minimum Gasteiger partial charge on any atom is -0.497 e. The normalized spacial score (nSPS) is 11.2. The molecule has 0 spiro atoms. The van der Waals surface area contributed by atoms with E-state index in [9.17, 15) is 4.79 Å². The molecule has 114 valence electrons. The van der Waals surface area contributed by atoms with E-state index >= 15 is 0 Å². The van der Waals surface area contributed by atoms with Gasteiger partial charge in [-0.2, -0.15) is 0 Å². The molecule has 1 atom stereocenters. The Morgan fingerprint density at radius 1 is 1.25 bits per heavy atom. The lowest BCUT2D eigenvalue weighted by atomic mass is 10.1. The third-order valence-corrected chi connectivity index (χ3v) is 2.81. The van der Waals surface area contributed by atoms with E-state index < -0.39 is 0 Å². The minimum atomic E-state index is -0.000244. The van der Waals surface area contributed by atoms with Crippen LogP contribution in [0.5, 0.6) is 11.5 Å². The summed E-state index contributed by atoms with van der Waals surface area (Å²) in [5.41, 5.74) is 6.46. The molecule has 1 amide bonds. The zero-order valence-electron chi connectivity index (χ0n) is 12.1. The number of amides is 1. The molecule has 3 N–H and O–H groups in total. The molecule has 0 aromatic heterocycles. The van der Waals surface area contributed by atoms with Gasteiger partial charge >= 0.3 is 0 Å². The van der Waals surface area contributed by atoms with Gasteiger partial charge in [0, 0.05) is 25.1 Å². The molecule has 1 aromatic rings. The van der Waals surface area contributed by atoms with E-state index in [1.54, 1.807) is 20.3 Å². The fourth-order valence-electron chi connectivity index (χ4n) is 1.67. The average Bonchev–Trinajstić information content (AvgIpc) is 2.44. The van der Waals surface area contributed by atoms with Crippen LogP contribution in [0.25, 0.3) is 0 Å². The second-order valence-electron chi connectivity index (χ2n) is 4.43. The van der Waals surface area contributed by atoms with Crippen molar-refractivity contribution >= 4 is 18.3 Å². The number of hydrogen-bond donors (Lipinski definition) is 2. The molecule has 0 fully saturated rings. The summed E-state index contributed by atoms with van der Waals surface area (Å²) in [6.45, 7) is 2.32. The van der Waals surface area contributed by atoms with Crippen molar-refractivity contribution in [3.05, 3.63) is 23.8 Å². The van der Waals surface area contributed by atoms with E-state index in [1.807, 2.05) is 19.1 Å². The fraction of sp³-hybridized carbons (Fsp3) is 0.500. The molecule has 0 radical (unpaired) electrons. The molecular weight excluding hydrogens is 280 g/mol. The predicted octanol–water partition coefficient (Wildman–Crippen LogP) is 1.52. The maximum absolute atomic E-state index is 11.7. The summed E-state index contributed by atoms with van der Waals surface area (Å²) in [6.07, 6.45) is 1.05. The van der Waals surface area contributed by atoms with Crippen LogP contribution in [0.2, 0.25) is 0 Å². The standard InChI is InChI=1S/C14H22N2O3.ClH/c1-10(9-15)16-14(17)5-4-11-6-12(18-2)8-13(7-11)19-3;/h6-8,10H,4-5,9,15H2,1-3H3,(H,16,17);1H/t10-;/m0./s1. The first kappa shape index (κ1) is 18.5. The number of benzene rings is 1. The molecule has 20 heavy (non-hydrogen) atoms. The lowest BCUT2D eigenvalue weighted by Gasteiger charge is -2.12. The van der Waals surface area contributed by atoms with Crippen LogP contribution >= 0.6 is 12.4 Å². The number of carbonyl (C=O) groups is 1. The highest BCUT2D eigenvalue weighted by molar-refractivity contribution is 5.85. The van der Waals surface area contributed by atoms with Crippen LogP contribution in [0.15, 0.2) is 18.2 Å². The molecule has 0 aliphatic heterocycles. The molecule has 1 rings (SSSR count). The van der Waals surface area contributed by atoms with Crippen molar-refractivity contribution in [3.63, 3.8) is 0 Å². The minimum absolute atomic E-state index is 0. The Morgan fingerprint density at radius 2 is 1.80 bits per heavy atom. The van der Waals surface area contributed by atoms with E-state index in [0.29, 0.717) is 19.4 Å². The summed E-state index contributed by atoms with van der Waals surface area (Å²) < 4.78 is 10.4. The van der Waals surface area contributed by atoms with Gasteiger partial charge < -0.3 is 20.5 Å². The first-order valence-electron chi connectivity index (χ1n) is 6.30. The maximum Gasteiger partial charge on any atom is 0.220 e. The van der Waals surface area contributed by atoms with Gasteiger partial charge in [0.15, 0.2) is 0 Å². The van der Waals surface area contributed by atoms with Crippen LogP contribution in [-0.2, 0) is 11.2 Å². The van der Waals surface area contributed by atoms with Crippen LogP contribution < -0.4 is 20.5 Å². The van der Waals surface area contributed by atoms with Gasteiger partial charge in [0.1, 0.15) is 11.5 Å². The molecule has 0 bridgehead atoms. The number of hydrogen-bond acceptors (Lipinski definition) is 4. The summed E-state index contributed by atoms with van der Waals surface area (Å²) in [7, 11) is 3.21. The van der Waals surface area contributed by atoms with Gasteiger partial charge in [0.25, 0.3) is 0 Å². The molecule has 1 aromatic carbocycles. The highest BCUT2D eigenvalue weighted by Gasteiger charge is 2.07. The van der Waals surface area contributed by atoms with Crippen molar-refractivity contribution in [2.75, 3.05) is 20.8 Å². The Labute approximate surface area is 126 Å². The van der Waals surface area contributed by atoms with Gasteiger partial charge in [-0.25, -0.2) is 0 Å². The molecule has 0 unspecified atom stereocenters. The molecular formula is C14H23ClN2O3. The Morgan fingerprint density at radius 3 is 2.25 bits per heavy atom. The van der Waals surface area contributed by atoms with Crippen molar-refractivity contribution < 1.29 is 14.3 Å². The molecule has 0 aliphatic rings. The monoisotopic (exact) mass is 302 g/mol. The van der Waals surface area contributed by atoms with E-state index in [4.69, 9.17) is 15.2 Å². The summed E-state index contributed by atoms with van der Waals surface area (Å²) in [5, 5.41) is 2.83. The predicted molar refractivity (Wildman–Crippen MR) is 81.8 cm³/mol. The first-order chi connectivity index (χ1) is 9.08. The number of methoxy groups -OCH3 is 2. The number of halogens is 1. The van der Waals surface area contributed by atoms with Crippen molar-refractivity contribution in [2.45, 2.75) is 25.8 Å². The number of nitrogens with two attached hydrogens (primary N) is 1. The molecule has 0 aliphatic carbocycles. The van der Waals surface area contributed by atoms with Gasteiger partial charge in [0.05, 0.1) is 14.2 Å². The Bertz CT molecular complexity index is 405. The smallest absolute Gasteiger partial charge is 0.220 e. The Balaban J connectivity index is 0.00000361. The lowest BCUT2D eigenvalue weighted by molar-refractivity contribution is -0.121. The first-order valence-corrected chi connectivity index (χ1v) is 6.30. The van der Waals surface area contributed by atoms with E-state index in [1.165, 1.54) is 0 Å². The van der Waals surface area contributed by atoms with Crippen LogP contribution in [0.1, 0.15) is 18.9 Å². The summed E-state index contributed by atoms with van der Waals surface area (Å²) >= 11 is 0. The molecule has 6 heteroatoms. The number of rotatable bonds is 7. The quantitative estimate of drug-likeness (QED) is 0.801. The Kier molecular flexibility index (Phi) is 8.76. The third kappa shape index (κ3) is 6.12. The second-order valence-corrected chi connectivity index (χ2v) is 4.43. The SMILES string of the molecule is COc1cc(CCC(=O)N[C@@H](C)CN)cc(OC)c1.Cl. The van der Waals surface area contributed by atoms with Gasteiger partial charge in [-0.1, -0.05) is 0 Å². The second kappa shape index (κ2) is 9.44. The highest BCUT2D eigenvalue weighted by atomic mass is 35.5. The van der Waals surface area contributed by atoms with Gasteiger partial charge in [-0.15, -0.1) is 12.4 Å². The molecule has 0 saturated carbocycles. The largest absolute Gasteiger partial charge is 0.497 e. The zero-order chi connectivity index (χ0) is 14.3. The maximum atomic E-state index is 11.7. The number of carbonyl (C=O) groups excluding carboxylic acids is 1. The van der Waals surface area contributed by atoms with Crippen LogP contribution in [0, 0.1) is 0 Å². The molecule has 5 nitrogen and oxygen atoms in total. The van der Waals surface area contributed by atoms with Crippen LogP contribution in [0.3, 0.4) is 0 Å². The van der Waals surface area contributed by atoms with Crippen LogP contribution in [0.4, 0.5) is 0 Å². The van der Waals surface area contributed by atoms with Gasteiger partial charge in [0.2, 0.25) is 5.91 Å². The van der Waals surface area contributed by atoms with Gasteiger partial charge in [-0.3, -0.25) is 4.79 Å². The molecule has 0 heterocycles. The van der Waals surface area contributed by atoms with E-state index in [-0.39, 0.29) is 24.4 Å². The summed E-state index contributed by atoms with van der Waals surface area (Å²) in [5.74, 6) is 1.45. The third-order valence-electron chi connectivity index (χ3n) is 2.81. The summed E-state index contributed by atoms with van der Waals surface area (Å²) in [6, 6.07) is 5.62. The molecule has 0 saturated heterocycles. The zero-order valence-corrected chi connectivity index (χ0v) is 13.0. The van der Waals surface area contributed by atoms with Crippen molar-refractivity contribution in [2.24, 2.45) is 5.73 Å². The van der Waals surface area contributed by atoms with Crippen molar-refractivity contribution in [1.29, 1.82) is 0 Å².